The number of amides is 1. The first-order valence-electron chi connectivity index (χ1n) is 8.13. The summed E-state index contributed by atoms with van der Waals surface area (Å²) >= 11 is 0. The SMILES string of the molecule is Cl.O=C(C1CC1c1ccc(F)cc1F)N1C2CCNCC1CC2. The third-order valence-electron chi connectivity index (χ3n) is 5.38. The Morgan fingerprint density at radius 3 is 2.74 bits per heavy atom. The van der Waals surface area contributed by atoms with E-state index in [1.807, 2.05) is 0 Å². The molecule has 126 valence electrons. The van der Waals surface area contributed by atoms with Crippen molar-refractivity contribution in [1.29, 1.82) is 0 Å². The molecule has 6 heteroatoms. The fourth-order valence-electron chi connectivity index (χ4n) is 4.15. The number of fused-ring (bicyclic) bond motifs is 2. The first-order valence-corrected chi connectivity index (χ1v) is 8.13. The Kier molecular flexibility index (Phi) is 4.61. The van der Waals surface area contributed by atoms with Crippen LogP contribution in [-0.4, -0.2) is 36.0 Å². The van der Waals surface area contributed by atoms with Crippen LogP contribution in [0.5, 0.6) is 0 Å². The molecule has 1 N–H and O–H groups in total. The van der Waals surface area contributed by atoms with E-state index < -0.39 is 11.6 Å². The second-order valence-electron chi connectivity index (χ2n) is 6.74. The van der Waals surface area contributed by atoms with Crippen molar-refractivity contribution in [3.8, 4) is 0 Å². The summed E-state index contributed by atoms with van der Waals surface area (Å²) in [5, 5.41) is 3.39. The Morgan fingerprint density at radius 1 is 1.17 bits per heavy atom. The van der Waals surface area contributed by atoms with Gasteiger partial charge in [0, 0.05) is 30.6 Å². The molecule has 2 saturated heterocycles. The minimum atomic E-state index is -0.568. The number of carbonyl (C=O) groups is 1. The number of hydrogen-bond donors (Lipinski definition) is 1. The van der Waals surface area contributed by atoms with E-state index in [2.05, 4.69) is 10.2 Å². The summed E-state index contributed by atoms with van der Waals surface area (Å²) in [7, 11) is 0. The zero-order valence-corrected chi connectivity index (χ0v) is 13.6. The van der Waals surface area contributed by atoms with Gasteiger partial charge in [0.2, 0.25) is 5.91 Å². The third-order valence-corrected chi connectivity index (χ3v) is 5.38. The highest BCUT2D eigenvalue weighted by Crippen LogP contribution is 2.50. The maximum atomic E-state index is 13.9. The van der Waals surface area contributed by atoms with Gasteiger partial charge in [-0.25, -0.2) is 8.78 Å². The number of halogens is 3. The predicted molar refractivity (Wildman–Crippen MR) is 85.6 cm³/mol. The first-order chi connectivity index (χ1) is 10.6. The van der Waals surface area contributed by atoms with Crippen LogP contribution in [0, 0.1) is 17.6 Å². The summed E-state index contributed by atoms with van der Waals surface area (Å²) < 4.78 is 26.9. The lowest BCUT2D eigenvalue weighted by Crippen LogP contribution is -2.43. The molecule has 0 spiro atoms. The van der Waals surface area contributed by atoms with Crippen molar-refractivity contribution in [2.45, 2.75) is 43.7 Å². The molecular formula is C17H21ClF2N2O. The van der Waals surface area contributed by atoms with Crippen molar-refractivity contribution < 1.29 is 13.6 Å². The molecule has 4 unspecified atom stereocenters. The van der Waals surface area contributed by atoms with Crippen molar-refractivity contribution >= 4 is 18.3 Å². The lowest BCUT2D eigenvalue weighted by Gasteiger charge is -2.28. The van der Waals surface area contributed by atoms with E-state index in [1.54, 1.807) is 0 Å². The van der Waals surface area contributed by atoms with Crippen LogP contribution in [0.3, 0.4) is 0 Å². The van der Waals surface area contributed by atoms with Gasteiger partial charge in [0.1, 0.15) is 11.6 Å². The number of hydrogen-bond acceptors (Lipinski definition) is 2. The minimum absolute atomic E-state index is 0. The summed E-state index contributed by atoms with van der Waals surface area (Å²) in [6, 6.07) is 4.31. The monoisotopic (exact) mass is 342 g/mol. The van der Waals surface area contributed by atoms with Gasteiger partial charge in [-0.3, -0.25) is 4.79 Å². The maximum Gasteiger partial charge on any atom is 0.226 e. The van der Waals surface area contributed by atoms with Crippen LogP contribution in [0.1, 0.15) is 37.2 Å². The second-order valence-corrected chi connectivity index (χ2v) is 6.74. The molecule has 1 aromatic carbocycles. The van der Waals surface area contributed by atoms with E-state index in [4.69, 9.17) is 0 Å². The van der Waals surface area contributed by atoms with Crippen LogP contribution in [0.2, 0.25) is 0 Å². The van der Waals surface area contributed by atoms with E-state index in [0.717, 1.165) is 38.4 Å². The van der Waals surface area contributed by atoms with Crippen LogP contribution in [-0.2, 0) is 4.79 Å². The Morgan fingerprint density at radius 2 is 1.96 bits per heavy atom. The predicted octanol–water partition coefficient (Wildman–Crippen LogP) is 2.84. The molecule has 2 aliphatic heterocycles. The van der Waals surface area contributed by atoms with E-state index >= 15 is 0 Å². The van der Waals surface area contributed by atoms with Crippen LogP contribution in [0.4, 0.5) is 8.78 Å². The number of benzene rings is 1. The number of nitrogens with one attached hydrogen (secondary N) is 1. The Hall–Kier alpha value is -1.20. The second kappa shape index (κ2) is 6.36. The molecule has 2 heterocycles. The summed E-state index contributed by atoms with van der Waals surface area (Å²) in [5.74, 6) is -1.13. The molecule has 1 aliphatic carbocycles. The van der Waals surface area contributed by atoms with Crippen molar-refractivity contribution in [3.63, 3.8) is 0 Å². The van der Waals surface area contributed by atoms with Gasteiger partial charge in [-0.2, -0.15) is 0 Å². The molecule has 3 fully saturated rings. The Balaban J connectivity index is 0.00000156. The van der Waals surface area contributed by atoms with Gasteiger partial charge < -0.3 is 10.2 Å². The van der Waals surface area contributed by atoms with Gasteiger partial charge in [0.05, 0.1) is 0 Å². The standard InChI is InChI=1S/C17H20F2N2O.ClH/c18-10-1-4-13(16(19)7-10)14-8-15(14)17(22)21-11-2-3-12(21)9-20-6-5-11;/h1,4,7,11-12,14-15,20H,2-3,5-6,8-9H2;1H. The van der Waals surface area contributed by atoms with E-state index in [0.29, 0.717) is 24.1 Å². The van der Waals surface area contributed by atoms with Crippen molar-refractivity contribution in [1.82, 2.24) is 10.2 Å². The molecule has 3 nitrogen and oxygen atoms in total. The summed E-state index contributed by atoms with van der Waals surface area (Å²) in [5.41, 5.74) is 0.486. The first kappa shape index (κ1) is 16.7. The maximum absolute atomic E-state index is 13.9. The molecule has 0 aromatic heterocycles. The molecule has 0 radical (unpaired) electrons. The number of rotatable bonds is 2. The normalized spacial score (nSPS) is 32.2. The molecule has 1 amide bonds. The number of carbonyl (C=O) groups excluding carboxylic acids is 1. The van der Waals surface area contributed by atoms with Gasteiger partial charge in [-0.1, -0.05) is 6.07 Å². The average molecular weight is 343 g/mol. The van der Waals surface area contributed by atoms with Gasteiger partial charge >= 0.3 is 0 Å². The van der Waals surface area contributed by atoms with Gasteiger partial charge in [-0.05, 0) is 49.8 Å². The zero-order valence-electron chi connectivity index (χ0n) is 12.8. The molecule has 1 aromatic rings. The fraction of sp³-hybridized carbons (Fsp3) is 0.588. The van der Waals surface area contributed by atoms with Crippen molar-refractivity contribution in [3.05, 3.63) is 35.4 Å². The largest absolute Gasteiger partial charge is 0.335 e. The van der Waals surface area contributed by atoms with Gasteiger partial charge in [0.25, 0.3) is 0 Å². The molecular weight excluding hydrogens is 322 g/mol. The Bertz CT molecular complexity index is 598. The van der Waals surface area contributed by atoms with E-state index in [-0.39, 0.29) is 30.2 Å². The van der Waals surface area contributed by atoms with Crippen molar-refractivity contribution in [2.75, 3.05) is 13.1 Å². The smallest absolute Gasteiger partial charge is 0.226 e. The number of nitrogens with zero attached hydrogens (tertiary/aromatic N) is 1. The van der Waals surface area contributed by atoms with Gasteiger partial charge in [0.15, 0.2) is 0 Å². The average Bonchev–Trinajstić information content (AvgIpc) is 3.18. The summed E-state index contributed by atoms with van der Waals surface area (Å²) in [6.07, 6.45) is 3.83. The highest BCUT2D eigenvalue weighted by atomic mass is 35.5. The van der Waals surface area contributed by atoms with Crippen molar-refractivity contribution in [2.24, 2.45) is 5.92 Å². The van der Waals surface area contributed by atoms with Crippen LogP contribution >= 0.6 is 12.4 Å². The van der Waals surface area contributed by atoms with E-state index in [9.17, 15) is 13.6 Å². The Labute approximate surface area is 140 Å². The van der Waals surface area contributed by atoms with Crippen LogP contribution in [0.15, 0.2) is 18.2 Å². The molecule has 1 saturated carbocycles. The summed E-state index contributed by atoms with van der Waals surface area (Å²) in [6.45, 7) is 1.83. The highest BCUT2D eigenvalue weighted by molar-refractivity contribution is 5.85. The molecule has 3 aliphatic rings. The lowest BCUT2D eigenvalue weighted by molar-refractivity contribution is -0.135. The van der Waals surface area contributed by atoms with Crippen LogP contribution in [0.25, 0.3) is 0 Å². The lowest BCUT2D eigenvalue weighted by atomic mass is 10.1. The summed E-state index contributed by atoms with van der Waals surface area (Å²) in [4.78, 5) is 14.9. The van der Waals surface area contributed by atoms with Crippen LogP contribution < -0.4 is 5.32 Å². The quantitative estimate of drug-likeness (QED) is 0.896. The molecule has 23 heavy (non-hydrogen) atoms. The third kappa shape index (κ3) is 2.96. The highest BCUT2D eigenvalue weighted by Gasteiger charge is 2.50. The van der Waals surface area contributed by atoms with E-state index in [1.165, 1.54) is 12.1 Å². The zero-order chi connectivity index (χ0) is 15.3. The molecule has 4 atom stereocenters. The topological polar surface area (TPSA) is 32.3 Å². The van der Waals surface area contributed by atoms with Gasteiger partial charge in [-0.15, -0.1) is 12.4 Å². The molecule has 4 rings (SSSR count). The minimum Gasteiger partial charge on any atom is -0.335 e. The fourth-order valence-corrected chi connectivity index (χ4v) is 4.15. The molecule has 2 bridgehead atoms.